The first-order valence-corrected chi connectivity index (χ1v) is 5.00. The lowest BCUT2D eigenvalue weighted by molar-refractivity contribution is 0.252. The minimum absolute atomic E-state index is 0.0218. The number of nitrogens with one attached hydrogen (secondary N) is 2. The van der Waals surface area contributed by atoms with Gasteiger partial charge >= 0.3 is 6.03 Å². The van der Waals surface area contributed by atoms with Crippen LogP contribution in [-0.2, 0) is 0 Å². The van der Waals surface area contributed by atoms with Gasteiger partial charge in [0.2, 0.25) is 11.8 Å². The number of aromatic hydroxyl groups is 1. The van der Waals surface area contributed by atoms with Gasteiger partial charge in [0.15, 0.2) is 0 Å². The molecule has 5 N–H and O–H groups in total. The zero-order valence-electron chi connectivity index (χ0n) is 9.03. The fourth-order valence-corrected chi connectivity index (χ4v) is 1.03. The van der Waals surface area contributed by atoms with Gasteiger partial charge in [-0.15, -0.1) is 0 Å². The van der Waals surface area contributed by atoms with Crippen LogP contribution in [0, 0.1) is 0 Å². The maximum atomic E-state index is 11.3. The largest absolute Gasteiger partial charge is 0.493 e. The number of hydrogen-bond acceptors (Lipinski definition) is 5. The Morgan fingerprint density at radius 2 is 2.31 bits per heavy atom. The van der Waals surface area contributed by atoms with Gasteiger partial charge in [-0.3, -0.25) is 5.32 Å². The lowest BCUT2D eigenvalue weighted by atomic mass is 10.3. The number of hydrogen-bond donors (Lipinski definition) is 4. The molecule has 0 fully saturated rings. The Morgan fingerprint density at radius 3 is 2.94 bits per heavy atom. The maximum Gasteiger partial charge on any atom is 0.321 e. The van der Waals surface area contributed by atoms with Crippen molar-refractivity contribution in [2.24, 2.45) is 0 Å². The van der Waals surface area contributed by atoms with Crippen LogP contribution in [0.2, 0.25) is 0 Å². The minimum atomic E-state index is -0.418. The molecule has 0 atom stereocenters. The van der Waals surface area contributed by atoms with Crippen molar-refractivity contribution in [2.45, 2.75) is 19.8 Å². The second-order valence-electron chi connectivity index (χ2n) is 3.21. The van der Waals surface area contributed by atoms with Crippen molar-refractivity contribution < 1.29 is 9.90 Å². The predicted octanol–water partition coefficient (Wildman–Crippen LogP) is 0.686. The average molecular weight is 225 g/mol. The van der Waals surface area contributed by atoms with E-state index in [1.165, 1.54) is 6.07 Å². The van der Waals surface area contributed by atoms with E-state index in [9.17, 15) is 4.79 Å². The van der Waals surface area contributed by atoms with Crippen LogP contribution in [-0.4, -0.2) is 27.7 Å². The SMILES string of the molecule is CCCCNC(=O)Nc1nc(N)cc(O)n1. The summed E-state index contributed by atoms with van der Waals surface area (Å²) in [6.45, 7) is 2.61. The molecular weight excluding hydrogens is 210 g/mol. The summed E-state index contributed by atoms with van der Waals surface area (Å²) in [5.41, 5.74) is 5.37. The first-order valence-electron chi connectivity index (χ1n) is 5.00. The molecule has 1 heterocycles. The van der Waals surface area contributed by atoms with E-state index in [0.29, 0.717) is 6.54 Å². The highest BCUT2D eigenvalue weighted by Gasteiger charge is 2.05. The average Bonchev–Trinajstić information content (AvgIpc) is 2.16. The molecule has 16 heavy (non-hydrogen) atoms. The third-order valence-corrected chi connectivity index (χ3v) is 1.77. The monoisotopic (exact) mass is 225 g/mol. The molecule has 7 heteroatoms. The summed E-state index contributed by atoms with van der Waals surface area (Å²) in [7, 11) is 0. The standard InChI is InChI=1S/C9H15N5O2/c1-2-3-4-11-9(16)14-8-12-6(10)5-7(15)13-8/h5H,2-4H2,1H3,(H5,10,11,12,13,14,15,16). The Hall–Kier alpha value is -2.05. The number of carbonyl (C=O) groups excluding carboxylic acids is 1. The zero-order chi connectivity index (χ0) is 12.0. The summed E-state index contributed by atoms with van der Waals surface area (Å²) in [5.74, 6) is -0.209. The van der Waals surface area contributed by atoms with Crippen molar-refractivity contribution >= 4 is 17.8 Å². The summed E-state index contributed by atoms with van der Waals surface area (Å²) in [6, 6.07) is 0.777. The molecule has 0 bridgehead atoms. The molecule has 0 spiro atoms. The van der Waals surface area contributed by atoms with Crippen LogP contribution < -0.4 is 16.4 Å². The van der Waals surface area contributed by atoms with Gasteiger partial charge in [0, 0.05) is 12.6 Å². The smallest absolute Gasteiger partial charge is 0.321 e. The van der Waals surface area contributed by atoms with Crippen molar-refractivity contribution in [3.63, 3.8) is 0 Å². The van der Waals surface area contributed by atoms with Crippen molar-refractivity contribution in [2.75, 3.05) is 17.6 Å². The highest BCUT2D eigenvalue weighted by molar-refractivity contribution is 5.87. The molecule has 0 aliphatic carbocycles. The number of rotatable bonds is 4. The Kier molecular flexibility index (Phi) is 4.31. The number of nitrogens with two attached hydrogens (primary N) is 1. The lowest BCUT2D eigenvalue weighted by Gasteiger charge is -2.06. The second kappa shape index (κ2) is 5.74. The first-order chi connectivity index (χ1) is 7.61. The van der Waals surface area contributed by atoms with Gasteiger partial charge in [-0.05, 0) is 6.42 Å². The van der Waals surface area contributed by atoms with Gasteiger partial charge in [0.05, 0.1) is 0 Å². The number of nitrogen functional groups attached to an aromatic ring is 1. The van der Waals surface area contributed by atoms with Crippen LogP contribution >= 0.6 is 0 Å². The van der Waals surface area contributed by atoms with Gasteiger partial charge in [0.25, 0.3) is 0 Å². The van der Waals surface area contributed by atoms with Crippen molar-refractivity contribution in [1.82, 2.24) is 15.3 Å². The molecule has 7 nitrogen and oxygen atoms in total. The number of amides is 2. The van der Waals surface area contributed by atoms with E-state index in [1.54, 1.807) is 0 Å². The molecule has 1 rings (SSSR count). The third-order valence-electron chi connectivity index (χ3n) is 1.77. The molecule has 0 saturated heterocycles. The van der Waals surface area contributed by atoms with Crippen LogP contribution in [0.3, 0.4) is 0 Å². The highest BCUT2D eigenvalue weighted by atomic mass is 16.3. The van der Waals surface area contributed by atoms with Crippen LogP contribution in [0.15, 0.2) is 6.07 Å². The molecule has 0 saturated carbocycles. The molecule has 0 unspecified atom stereocenters. The van der Waals surface area contributed by atoms with Crippen LogP contribution in [0.5, 0.6) is 5.88 Å². The lowest BCUT2D eigenvalue weighted by Crippen LogP contribution is -2.30. The number of aromatic nitrogens is 2. The first kappa shape index (κ1) is 12.0. The molecule has 2 amide bonds. The molecule has 88 valence electrons. The summed E-state index contributed by atoms with van der Waals surface area (Å²) in [4.78, 5) is 18.6. The van der Waals surface area contributed by atoms with E-state index in [0.717, 1.165) is 12.8 Å². The molecule has 0 aliphatic rings. The van der Waals surface area contributed by atoms with Crippen LogP contribution in [0.25, 0.3) is 0 Å². The molecule has 1 aromatic rings. The fraction of sp³-hybridized carbons (Fsp3) is 0.444. The van der Waals surface area contributed by atoms with E-state index in [4.69, 9.17) is 10.8 Å². The Labute approximate surface area is 93.1 Å². The number of nitrogens with zero attached hydrogens (tertiary/aromatic N) is 2. The zero-order valence-corrected chi connectivity index (χ0v) is 9.03. The molecule has 0 radical (unpaired) electrons. The molecule has 0 aromatic carbocycles. The van der Waals surface area contributed by atoms with E-state index < -0.39 is 6.03 Å². The van der Waals surface area contributed by atoms with Gasteiger partial charge in [-0.25, -0.2) is 4.79 Å². The van der Waals surface area contributed by atoms with Gasteiger partial charge in [0.1, 0.15) is 5.82 Å². The van der Waals surface area contributed by atoms with Crippen molar-refractivity contribution in [1.29, 1.82) is 0 Å². The Balaban J connectivity index is 2.49. The topological polar surface area (TPSA) is 113 Å². The molecule has 0 aliphatic heterocycles. The van der Waals surface area contributed by atoms with E-state index in [2.05, 4.69) is 20.6 Å². The number of urea groups is 1. The Morgan fingerprint density at radius 1 is 1.56 bits per heavy atom. The van der Waals surface area contributed by atoms with Crippen molar-refractivity contribution in [3.8, 4) is 5.88 Å². The predicted molar refractivity (Wildman–Crippen MR) is 60.0 cm³/mol. The normalized spacial score (nSPS) is 9.81. The summed E-state index contributed by atoms with van der Waals surface area (Å²) < 4.78 is 0. The van der Waals surface area contributed by atoms with Crippen LogP contribution in [0.4, 0.5) is 16.6 Å². The van der Waals surface area contributed by atoms with Gasteiger partial charge in [-0.1, -0.05) is 13.3 Å². The summed E-state index contributed by atoms with van der Waals surface area (Å²) in [5, 5.41) is 14.1. The fourth-order valence-electron chi connectivity index (χ4n) is 1.03. The van der Waals surface area contributed by atoms with E-state index >= 15 is 0 Å². The summed E-state index contributed by atoms with van der Waals surface area (Å²) >= 11 is 0. The molecule has 1 aromatic heterocycles. The van der Waals surface area contributed by atoms with Crippen LogP contribution in [0.1, 0.15) is 19.8 Å². The van der Waals surface area contributed by atoms with Gasteiger partial charge in [-0.2, -0.15) is 9.97 Å². The minimum Gasteiger partial charge on any atom is -0.493 e. The summed E-state index contributed by atoms with van der Waals surface area (Å²) in [6.07, 6.45) is 1.90. The quantitative estimate of drug-likeness (QED) is 0.563. The number of unbranched alkanes of at least 4 members (excludes halogenated alkanes) is 1. The van der Waals surface area contributed by atoms with E-state index in [-0.39, 0.29) is 17.6 Å². The third kappa shape index (κ3) is 3.99. The van der Waals surface area contributed by atoms with E-state index in [1.807, 2.05) is 6.92 Å². The van der Waals surface area contributed by atoms with Gasteiger partial charge < -0.3 is 16.2 Å². The molecular formula is C9H15N5O2. The second-order valence-corrected chi connectivity index (χ2v) is 3.21. The maximum absolute atomic E-state index is 11.3. The Bertz CT molecular complexity index is 349. The van der Waals surface area contributed by atoms with Crippen molar-refractivity contribution in [3.05, 3.63) is 6.07 Å². The highest BCUT2D eigenvalue weighted by Crippen LogP contribution is 2.11. The number of anilines is 2. The number of carbonyl (C=O) groups is 1.